The van der Waals surface area contributed by atoms with Gasteiger partial charge in [-0.2, -0.15) is 0 Å². The van der Waals surface area contributed by atoms with Gasteiger partial charge in [0.25, 0.3) is 5.56 Å². The van der Waals surface area contributed by atoms with E-state index in [1.807, 2.05) is 18.2 Å². The van der Waals surface area contributed by atoms with Crippen LogP contribution in [-0.4, -0.2) is 28.7 Å². The van der Waals surface area contributed by atoms with Crippen molar-refractivity contribution in [2.45, 2.75) is 25.3 Å². The summed E-state index contributed by atoms with van der Waals surface area (Å²) in [6.45, 7) is 2.23. The molecule has 22 heavy (non-hydrogen) atoms. The normalized spacial score (nSPS) is 22.5. The molecule has 1 atom stereocenters. The van der Waals surface area contributed by atoms with Crippen LogP contribution in [0.2, 0.25) is 0 Å². The number of rotatable bonds is 3. The molecule has 0 aromatic carbocycles. The van der Waals surface area contributed by atoms with Crippen molar-refractivity contribution < 1.29 is 0 Å². The second-order valence-electron chi connectivity index (χ2n) is 6.37. The molecule has 1 saturated carbocycles. The smallest absolute Gasteiger partial charge is 0.255 e. The zero-order valence-corrected chi connectivity index (χ0v) is 12.5. The molecule has 3 heterocycles. The van der Waals surface area contributed by atoms with Crippen LogP contribution in [0.3, 0.4) is 0 Å². The van der Waals surface area contributed by atoms with Crippen LogP contribution in [0.1, 0.15) is 19.3 Å². The van der Waals surface area contributed by atoms with Gasteiger partial charge in [-0.3, -0.25) is 9.36 Å². The highest BCUT2D eigenvalue weighted by molar-refractivity contribution is 5.42. The third-order valence-electron chi connectivity index (χ3n) is 5.03. The minimum absolute atomic E-state index is 0.0414. The minimum atomic E-state index is -0.0414. The van der Waals surface area contributed by atoms with Gasteiger partial charge in [0.1, 0.15) is 5.82 Å². The van der Waals surface area contributed by atoms with Crippen LogP contribution in [0.5, 0.6) is 0 Å². The first-order valence-electron chi connectivity index (χ1n) is 7.88. The minimum Gasteiger partial charge on any atom is -0.367 e. The summed E-state index contributed by atoms with van der Waals surface area (Å²) in [6, 6.07) is 9.56. The number of nitrogens with zero attached hydrogens (tertiary/aromatic N) is 2. The molecule has 0 amide bonds. The number of aromatic nitrogens is 2. The molecule has 4 rings (SSSR count). The summed E-state index contributed by atoms with van der Waals surface area (Å²) in [6.07, 6.45) is 7.32. The molecule has 1 aliphatic carbocycles. The van der Waals surface area contributed by atoms with Gasteiger partial charge < -0.3 is 10.6 Å². The van der Waals surface area contributed by atoms with E-state index >= 15 is 0 Å². The molecule has 1 saturated heterocycles. The number of nitrogens with one attached hydrogen (secondary N) is 2. The third-order valence-corrected chi connectivity index (χ3v) is 5.03. The quantitative estimate of drug-likeness (QED) is 0.906. The number of hydrogen-bond acceptors (Lipinski definition) is 4. The lowest BCUT2D eigenvalue weighted by molar-refractivity contribution is 0.161. The van der Waals surface area contributed by atoms with Crippen molar-refractivity contribution in [2.75, 3.05) is 18.4 Å². The molecule has 2 aliphatic rings. The van der Waals surface area contributed by atoms with Gasteiger partial charge in [0.2, 0.25) is 0 Å². The first-order chi connectivity index (χ1) is 10.8. The Kier molecular flexibility index (Phi) is 3.22. The zero-order chi connectivity index (χ0) is 15.0. The maximum Gasteiger partial charge on any atom is 0.255 e. The number of anilines is 1. The molecule has 5 nitrogen and oxygen atoms in total. The molecular formula is C17H20N4O. The fourth-order valence-electron chi connectivity index (χ4n) is 3.67. The van der Waals surface area contributed by atoms with Crippen molar-refractivity contribution >= 4 is 5.82 Å². The average molecular weight is 296 g/mol. The standard InChI is InChI=1S/C17H20N4O/c22-16-5-1-2-9-21(16)13-6-7-15(19-10-13)20-14-4-3-8-17(14)11-18-12-17/h1-2,5-7,9-10,14,18H,3-4,8,11-12H2,(H,19,20). The van der Waals surface area contributed by atoms with Gasteiger partial charge in [-0.15, -0.1) is 0 Å². The Morgan fingerprint density at radius 3 is 2.86 bits per heavy atom. The van der Waals surface area contributed by atoms with Crippen LogP contribution >= 0.6 is 0 Å². The van der Waals surface area contributed by atoms with E-state index in [0.717, 1.165) is 24.6 Å². The van der Waals surface area contributed by atoms with E-state index in [1.54, 1.807) is 29.1 Å². The van der Waals surface area contributed by atoms with Crippen molar-refractivity contribution in [3.8, 4) is 5.69 Å². The van der Waals surface area contributed by atoms with Gasteiger partial charge in [0, 0.05) is 36.8 Å². The van der Waals surface area contributed by atoms with E-state index < -0.39 is 0 Å². The van der Waals surface area contributed by atoms with Crippen LogP contribution in [-0.2, 0) is 0 Å². The lowest BCUT2D eigenvalue weighted by Crippen LogP contribution is -2.59. The van der Waals surface area contributed by atoms with E-state index in [2.05, 4.69) is 15.6 Å². The van der Waals surface area contributed by atoms with Crippen LogP contribution in [0.15, 0.2) is 47.5 Å². The molecule has 2 N–H and O–H groups in total. The topological polar surface area (TPSA) is 59.0 Å². The van der Waals surface area contributed by atoms with Crippen molar-refractivity contribution in [2.24, 2.45) is 5.41 Å². The Bertz CT molecular complexity index is 718. The Balaban J connectivity index is 1.53. The lowest BCUT2D eigenvalue weighted by atomic mass is 9.77. The zero-order valence-electron chi connectivity index (χ0n) is 12.5. The largest absolute Gasteiger partial charge is 0.367 e. The van der Waals surface area contributed by atoms with Gasteiger partial charge >= 0.3 is 0 Å². The second kappa shape index (κ2) is 5.25. The maximum absolute atomic E-state index is 11.8. The van der Waals surface area contributed by atoms with E-state index in [9.17, 15) is 4.79 Å². The van der Waals surface area contributed by atoms with E-state index in [4.69, 9.17) is 0 Å². The van der Waals surface area contributed by atoms with Crippen molar-refractivity contribution in [3.05, 3.63) is 53.1 Å². The SMILES string of the molecule is O=c1ccccn1-c1ccc(NC2CCCC23CNC3)nc1. The average Bonchev–Trinajstić information content (AvgIpc) is 2.93. The Labute approximate surface area is 129 Å². The lowest BCUT2D eigenvalue weighted by Gasteiger charge is -2.44. The summed E-state index contributed by atoms with van der Waals surface area (Å²) < 4.78 is 1.60. The van der Waals surface area contributed by atoms with Gasteiger partial charge in [-0.25, -0.2) is 4.98 Å². The highest BCUT2D eigenvalue weighted by atomic mass is 16.1. The van der Waals surface area contributed by atoms with Crippen LogP contribution in [0.4, 0.5) is 5.82 Å². The van der Waals surface area contributed by atoms with Gasteiger partial charge in [-0.1, -0.05) is 12.5 Å². The fraction of sp³-hybridized carbons (Fsp3) is 0.412. The summed E-state index contributed by atoms with van der Waals surface area (Å²) in [7, 11) is 0. The van der Waals surface area contributed by atoms with Crippen molar-refractivity contribution in [1.82, 2.24) is 14.9 Å². The Morgan fingerprint density at radius 1 is 1.27 bits per heavy atom. The summed E-state index contributed by atoms with van der Waals surface area (Å²) in [4.78, 5) is 16.3. The van der Waals surface area contributed by atoms with E-state index in [0.29, 0.717) is 11.5 Å². The molecule has 0 radical (unpaired) electrons. The van der Waals surface area contributed by atoms with Gasteiger partial charge in [0.15, 0.2) is 0 Å². The van der Waals surface area contributed by atoms with Crippen LogP contribution in [0.25, 0.3) is 5.69 Å². The molecule has 1 aliphatic heterocycles. The number of pyridine rings is 2. The number of hydrogen-bond donors (Lipinski definition) is 2. The van der Waals surface area contributed by atoms with E-state index in [-0.39, 0.29) is 5.56 Å². The first-order valence-corrected chi connectivity index (χ1v) is 7.88. The predicted octanol–water partition coefficient (Wildman–Crippen LogP) is 1.79. The van der Waals surface area contributed by atoms with Crippen molar-refractivity contribution in [1.29, 1.82) is 0 Å². The highest BCUT2D eigenvalue weighted by Gasteiger charge is 2.47. The molecular weight excluding hydrogens is 276 g/mol. The summed E-state index contributed by atoms with van der Waals surface area (Å²) in [5.41, 5.74) is 1.18. The van der Waals surface area contributed by atoms with Crippen LogP contribution in [0, 0.1) is 5.41 Å². The molecule has 1 unspecified atom stereocenters. The molecule has 5 heteroatoms. The monoisotopic (exact) mass is 296 g/mol. The van der Waals surface area contributed by atoms with Crippen molar-refractivity contribution in [3.63, 3.8) is 0 Å². The summed E-state index contributed by atoms with van der Waals surface area (Å²) >= 11 is 0. The molecule has 114 valence electrons. The van der Waals surface area contributed by atoms with Crippen LogP contribution < -0.4 is 16.2 Å². The predicted molar refractivity (Wildman–Crippen MR) is 86.4 cm³/mol. The highest BCUT2D eigenvalue weighted by Crippen LogP contribution is 2.42. The fourth-order valence-corrected chi connectivity index (χ4v) is 3.67. The van der Waals surface area contributed by atoms with E-state index in [1.165, 1.54) is 19.3 Å². The molecule has 2 fully saturated rings. The van der Waals surface area contributed by atoms with Gasteiger partial charge in [-0.05, 0) is 31.0 Å². The summed E-state index contributed by atoms with van der Waals surface area (Å²) in [5.74, 6) is 0.894. The second-order valence-corrected chi connectivity index (χ2v) is 6.37. The summed E-state index contributed by atoms with van der Waals surface area (Å²) in [5, 5.41) is 6.99. The molecule has 0 bridgehead atoms. The molecule has 1 spiro atoms. The Hall–Kier alpha value is -2.14. The molecule has 2 aromatic heterocycles. The maximum atomic E-state index is 11.8. The first kappa shape index (κ1) is 13.5. The molecule has 2 aromatic rings. The Morgan fingerprint density at radius 2 is 2.18 bits per heavy atom. The van der Waals surface area contributed by atoms with Gasteiger partial charge in [0.05, 0.1) is 11.9 Å². The third kappa shape index (κ3) is 2.22.